The molecule has 1 aromatic rings. The molecule has 0 spiro atoms. The Bertz CT molecular complexity index is 963. The third-order valence-corrected chi connectivity index (χ3v) is 7.51. The van der Waals surface area contributed by atoms with Crippen molar-refractivity contribution in [1.82, 2.24) is 15.2 Å². The smallest absolute Gasteiger partial charge is 0.267 e. The van der Waals surface area contributed by atoms with Crippen molar-refractivity contribution in [1.29, 1.82) is 0 Å². The Hall–Kier alpha value is -2.69. The molecule has 162 valence electrons. The molecule has 2 fully saturated rings. The van der Waals surface area contributed by atoms with Crippen LogP contribution in [0.15, 0.2) is 28.1 Å². The van der Waals surface area contributed by atoms with Gasteiger partial charge in [-0.1, -0.05) is 0 Å². The minimum absolute atomic E-state index is 0.0363. The molecule has 0 aliphatic carbocycles. The van der Waals surface area contributed by atoms with Gasteiger partial charge in [-0.2, -0.15) is 5.10 Å². The molecule has 1 aromatic heterocycles. The van der Waals surface area contributed by atoms with E-state index in [0.29, 0.717) is 37.9 Å². The number of hydrogen-bond acceptors (Lipinski definition) is 7. The number of sulfone groups is 1. The largest absolute Gasteiger partial charge is 0.472 e. The number of piperidine rings is 1. The highest BCUT2D eigenvalue weighted by Crippen LogP contribution is 2.22. The Kier molecular flexibility index (Phi) is 5.63. The summed E-state index contributed by atoms with van der Waals surface area (Å²) in [5.74, 6) is -0.756. The Labute approximate surface area is 174 Å². The van der Waals surface area contributed by atoms with Crippen LogP contribution in [0.3, 0.4) is 0 Å². The van der Waals surface area contributed by atoms with E-state index in [2.05, 4.69) is 10.4 Å². The maximum absolute atomic E-state index is 12.7. The van der Waals surface area contributed by atoms with E-state index in [9.17, 15) is 22.8 Å². The van der Waals surface area contributed by atoms with Crippen LogP contribution in [-0.4, -0.2) is 78.4 Å². The van der Waals surface area contributed by atoms with Crippen LogP contribution in [0, 0.1) is 0 Å². The number of rotatable bonds is 4. The molecule has 11 heteroatoms. The summed E-state index contributed by atoms with van der Waals surface area (Å²) in [6.45, 7) is 1.04. The lowest BCUT2D eigenvalue weighted by Crippen LogP contribution is -2.49. The number of nitrogens with zero attached hydrogens (tertiary/aromatic N) is 3. The predicted octanol–water partition coefficient (Wildman–Crippen LogP) is 0.166. The molecule has 0 unspecified atom stereocenters. The summed E-state index contributed by atoms with van der Waals surface area (Å²) in [6, 6.07) is 1.04. The Morgan fingerprint density at radius 1 is 1.17 bits per heavy atom. The van der Waals surface area contributed by atoms with Crippen molar-refractivity contribution in [2.45, 2.75) is 44.2 Å². The first kappa shape index (κ1) is 20.6. The zero-order chi connectivity index (χ0) is 21.3. The lowest BCUT2D eigenvalue weighted by atomic mass is 10.0. The Morgan fingerprint density at radius 2 is 1.93 bits per heavy atom. The van der Waals surface area contributed by atoms with Crippen molar-refractivity contribution in [2.24, 2.45) is 5.10 Å². The molecule has 0 radical (unpaired) electrons. The minimum Gasteiger partial charge on any atom is -0.472 e. The minimum atomic E-state index is -3.16. The van der Waals surface area contributed by atoms with E-state index >= 15 is 0 Å². The lowest BCUT2D eigenvalue weighted by Gasteiger charge is -2.33. The van der Waals surface area contributed by atoms with Crippen molar-refractivity contribution >= 4 is 33.3 Å². The number of hydrogen-bond donors (Lipinski definition) is 1. The fraction of sp³-hybridized carbons (Fsp3) is 0.579. The van der Waals surface area contributed by atoms with Gasteiger partial charge in [0.25, 0.3) is 11.8 Å². The van der Waals surface area contributed by atoms with Crippen molar-refractivity contribution in [3.63, 3.8) is 0 Å². The van der Waals surface area contributed by atoms with Gasteiger partial charge in [-0.25, -0.2) is 13.4 Å². The van der Waals surface area contributed by atoms with Gasteiger partial charge in [-0.15, -0.1) is 0 Å². The number of hydrazone groups is 1. The fourth-order valence-electron chi connectivity index (χ4n) is 4.05. The molecule has 30 heavy (non-hydrogen) atoms. The second kappa shape index (κ2) is 8.21. The first-order valence-electron chi connectivity index (χ1n) is 10.0. The summed E-state index contributed by atoms with van der Waals surface area (Å²) in [5.41, 5.74) is 0.753. The van der Waals surface area contributed by atoms with Crippen LogP contribution in [0.1, 0.15) is 42.5 Å². The van der Waals surface area contributed by atoms with Gasteiger partial charge in [0.2, 0.25) is 5.91 Å². The van der Waals surface area contributed by atoms with E-state index in [1.807, 2.05) is 0 Å². The van der Waals surface area contributed by atoms with E-state index in [-0.39, 0.29) is 53.8 Å². The van der Waals surface area contributed by atoms with Gasteiger partial charge in [0.15, 0.2) is 9.84 Å². The lowest BCUT2D eigenvalue weighted by molar-refractivity contribution is -0.133. The van der Waals surface area contributed by atoms with Gasteiger partial charge in [0.1, 0.15) is 12.0 Å². The normalized spacial score (nSPS) is 24.6. The predicted molar refractivity (Wildman–Crippen MR) is 106 cm³/mol. The molecule has 0 aromatic carbocycles. The van der Waals surface area contributed by atoms with E-state index < -0.39 is 15.9 Å². The molecule has 3 aliphatic heterocycles. The number of nitrogens with one attached hydrogen (secondary N) is 1. The second-order valence-electron chi connectivity index (χ2n) is 7.89. The number of amides is 3. The molecule has 10 nitrogen and oxygen atoms in total. The third kappa shape index (κ3) is 4.40. The fourth-order valence-corrected chi connectivity index (χ4v) is 5.74. The van der Waals surface area contributed by atoms with Gasteiger partial charge in [0, 0.05) is 32.0 Å². The second-order valence-corrected chi connectivity index (χ2v) is 10.1. The third-order valence-electron chi connectivity index (χ3n) is 5.76. The summed E-state index contributed by atoms with van der Waals surface area (Å²) >= 11 is 0. The van der Waals surface area contributed by atoms with Crippen molar-refractivity contribution in [3.05, 3.63) is 24.2 Å². The SMILES string of the molecule is O=C(NC1CCN(C(=O)c2ccoc2)CC1)C1=NN([C@@H]2CCS(=O)(=O)C2)C(=O)CC1. The maximum atomic E-state index is 12.7. The van der Waals surface area contributed by atoms with Crippen LogP contribution in [0.2, 0.25) is 0 Å². The number of furan rings is 1. The van der Waals surface area contributed by atoms with Gasteiger partial charge >= 0.3 is 0 Å². The number of carbonyl (C=O) groups is 3. The number of likely N-dealkylation sites (tertiary alicyclic amines) is 1. The molecule has 0 saturated carbocycles. The average Bonchev–Trinajstić information content (AvgIpc) is 3.38. The van der Waals surface area contributed by atoms with Crippen molar-refractivity contribution < 1.29 is 27.2 Å². The molecule has 0 bridgehead atoms. The zero-order valence-electron chi connectivity index (χ0n) is 16.5. The molecule has 1 atom stereocenters. The molecule has 3 amide bonds. The summed E-state index contributed by atoms with van der Waals surface area (Å²) in [6.07, 6.45) is 4.83. The average molecular weight is 436 g/mol. The van der Waals surface area contributed by atoms with E-state index in [0.717, 1.165) is 0 Å². The monoisotopic (exact) mass is 436 g/mol. The van der Waals surface area contributed by atoms with Crippen LogP contribution >= 0.6 is 0 Å². The number of carbonyl (C=O) groups excluding carboxylic acids is 3. The van der Waals surface area contributed by atoms with E-state index in [1.165, 1.54) is 17.5 Å². The molecule has 4 heterocycles. The molecule has 2 saturated heterocycles. The molecular weight excluding hydrogens is 412 g/mol. The molecule has 4 rings (SSSR count). The van der Waals surface area contributed by atoms with E-state index in [1.54, 1.807) is 11.0 Å². The summed E-state index contributed by atoms with van der Waals surface area (Å²) in [4.78, 5) is 39.0. The molecule has 3 aliphatic rings. The van der Waals surface area contributed by atoms with Gasteiger partial charge in [0.05, 0.1) is 29.4 Å². The van der Waals surface area contributed by atoms with E-state index in [4.69, 9.17) is 4.42 Å². The first-order valence-corrected chi connectivity index (χ1v) is 11.9. The van der Waals surface area contributed by atoms with Crippen molar-refractivity contribution in [2.75, 3.05) is 24.6 Å². The topological polar surface area (TPSA) is 129 Å². The highest BCUT2D eigenvalue weighted by atomic mass is 32.2. The highest BCUT2D eigenvalue weighted by molar-refractivity contribution is 7.91. The van der Waals surface area contributed by atoms with Gasteiger partial charge in [-0.05, 0) is 25.3 Å². The Balaban J connectivity index is 1.33. The van der Waals surface area contributed by atoms with Gasteiger partial charge in [-0.3, -0.25) is 14.4 Å². The quantitative estimate of drug-likeness (QED) is 0.716. The summed E-state index contributed by atoms with van der Waals surface area (Å²) in [5, 5.41) is 8.33. The van der Waals surface area contributed by atoms with Crippen LogP contribution < -0.4 is 5.32 Å². The first-order chi connectivity index (χ1) is 14.3. The Morgan fingerprint density at radius 3 is 2.57 bits per heavy atom. The highest BCUT2D eigenvalue weighted by Gasteiger charge is 2.37. The standard InChI is InChI=1S/C19H24N4O6S/c24-17-2-1-16(21-23(17)15-6-10-30(27,28)12-15)18(25)20-14-3-7-22(8-4-14)19(26)13-5-9-29-11-13/h5,9,11,14-15H,1-4,6-8,10,12H2,(H,20,25)/t15-/m1/s1. The van der Waals surface area contributed by atoms with Crippen LogP contribution in [-0.2, 0) is 19.4 Å². The summed E-state index contributed by atoms with van der Waals surface area (Å²) < 4.78 is 28.4. The molecule has 1 N–H and O–H groups in total. The zero-order valence-corrected chi connectivity index (χ0v) is 17.3. The molecular formula is C19H24N4O6S. The van der Waals surface area contributed by atoms with Crippen molar-refractivity contribution in [3.8, 4) is 0 Å². The summed E-state index contributed by atoms with van der Waals surface area (Å²) in [7, 11) is -3.16. The van der Waals surface area contributed by atoms with Crippen LogP contribution in [0.5, 0.6) is 0 Å². The van der Waals surface area contributed by atoms with Gasteiger partial charge < -0.3 is 14.6 Å². The van der Waals surface area contributed by atoms with Crippen LogP contribution in [0.4, 0.5) is 0 Å². The maximum Gasteiger partial charge on any atom is 0.267 e. The van der Waals surface area contributed by atoms with Crippen LogP contribution in [0.25, 0.3) is 0 Å².